The van der Waals surface area contributed by atoms with Gasteiger partial charge in [0.2, 0.25) is 11.8 Å². The molecule has 4 amide bonds. The van der Waals surface area contributed by atoms with E-state index in [1.54, 1.807) is 4.90 Å². The lowest BCUT2D eigenvalue weighted by Gasteiger charge is -2.41. The SMILES string of the molecule is Cc1ccccc1NC(=O)NC(C(=O)N1CCN(C(=O)C2CC2)C(C)C1)C(C)C. The molecule has 3 rings (SSSR count). The van der Waals surface area contributed by atoms with E-state index in [0.717, 1.165) is 24.1 Å². The van der Waals surface area contributed by atoms with Gasteiger partial charge in [0.15, 0.2) is 0 Å². The molecule has 1 saturated heterocycles. The van der Waals surface area contributed by atoms with Gasteiger partial charge < -0.3 is 20.4 Å². The van der Waals surface area contributed by atoms with E-state index in [2.05, 4.69) is 10.6 Å². The molecule has 29 heavy (non-hydrogen) atoms. The summed E-state index contributed by atoms with van der Waals surface area (Å²) in [6.07, 6.45) is 1.97. The molecule has 2 unspecified atom stereocenters. The molecule has 158 valence electrons. The number of piperazine rings is 1. The van der Waals surface area contributed by atoms with Gasteiger partial charge in [0, 0.05) is 37.3 Å². The van der Waals surface area contributed by atoms with Gasteiger partial charge in [0.25, 0.3) is 0 Å². The lowest BCUT2D eigenvalue weighted by Crippen LogP contribution is -2.60. The number of hydrogen-bond acceptors (Lipinski definition) is 3. The van der Waals surface area contributed by atoms with Gasteiger partial charge in [0.1, 0.15) is 6.04 Å². The molecule has 2 fully saturated rings. The van der Waals surface area contributed by atoms with Crippen LogP contribution >= 0.6 is 0 Å². The fraction of sp³-hybridized carbons (Fsp3) is 0.591. The van der Waals surface area contributed by atoms with Crippen molar-refractivity contribution in [3.05, 3.63) is 29.8 Å². The van der Waals surface area contributed by atoms with Crippen LogP contribution in [0.3, 0.4) is 0 Å². The fourth-order valence-electron chi connectivity index (χ4n) is 3.77. The van der Waals surface area contributed by atoms with Crippen LogP contribution in [0.2, 0.25) is 0 Å². The predicted molar refractivity (Wildman–Crippen MR) is 112 cm³/mol. The first kappa shape index (κ1) is 21.1. The third-order valence-electron chi connectivity index (χ3n) is 5.76. The molecule has 1 aromatic rings. The van der Waals surface area contributed by atoms with Crippen molar-refractivity contribution in [1.29, 1.82) is 0 Å². The average Bonchev–Trinajstić information content (AvgIpc) is 3.52. The molecular formula is C22H32N4O3. The molecule has 0 aromatic heterocycles. The minimum Gasteiger partial charge on any atom is -0.337 e. The summed E-state index contributed by atoms with van der Waals surface area (Å²) in [4.78, 5) is 41.7. The summed E-state index contributed by atoms with van der Waals surface area (Å²) >= 11 is 0. The lowest BCUT2D eigenvalue weighted by molar-refractivity contribution is -0.144. The highest BCUT2D eigenvalue weighted by atomic mass is 16.2. The van der Waals surface area contributed by atoms with Crippen LogP contribution in [0.1, 0.15) is 39.2 Å². The van der Waals surface area contributed by atoms with Crippen molar-refractivity contribution in [3.63, 3.8) is 0 Å². The first-order valence-electron chi connectivity index (χ1n) is 10.5. The largest absolute Gasteiger partial charge is 0.337 e. The van der Waals surface area contributed by atoms with Gasteiger partial charge in [-0.25, -0.2) is 4.79 Å². The Morgan fingerprint density at radius 1 is 1.10 bits per heavy atom. The zero-order chi connectivity index (χ0) is 21.1. The number of nitrogens with zero attached hydrogens (tertiary/aromatic N) is 2. The molecule has 0 spiro atoms. The first-order chi connectivity index (χ1) is 13.8. The van der Waals surface area contributed by atoms with E-state index in [-0.39, 0.29) is 35.7 Å². The average molecular weight is 401 g/mol. The van der Waals surface area contributed by atoms with Crippen molar-refractivity contribution in [1.82, 2.24) is 15.1 Å². The zero-order valence-electron chi connectivity index (χ0n) is 17.8. The second-order valence-corrected chi connectivity index (χ2v) is 8.57. The molecule has 2 aliphatic rings. The number of anilines is 1. The number of amides is 4. The highest BCUT2D eigenvalue weighted by molar-refractivity contribution is 5.94. The zero-order valence-corrected chi connectivity index (χ0v) is 17.8. The van der Waals surface area contributed by atoms with Gasteiger partial charge in [-0.1, -0.05) is 32.0 Å². The quantitative estimate of drug-likeness (QED) is 0.797. The Balaban J connectivity index is 1.60. The van der Waals surface area contributed by atoms with Gasteiger partial charge in [0.05, 0.1) is 0 Å². The van der Waals surface area contributed by atoms with E-state index < -0.39 is 6.04 Å². The molecule has 1 aliphatic carbocycles. The van der Waals surface area contributed by atoms with Crippen LogP contribution < -0.4 is 10.6 Å². The molecule has 1 aliphatic heterocycles. The van der Waals surface area contributed by atoms with Crippen molar-refractivity contribution in [3.8, 4) is 0 Å². The highest BCUT2D eigenvalue weighted by Crippen LogP contribution is 2.32. The van der Waals surface area contributed by atoms with Crippen LogP contribution in [0.25, 0.3) is 0 Å². The molecule has 0 bridgehead atoms. The monoisotopic (exact) mass is 400 g/mol. The van der Waals surface area contributed by atoms with Crippen LogP contribution in [0.4, 0.5) is 10.5 Å². The molecule has 0 radical (unpaired) electrons. The van der Waals surface area contributed by atoms with E-state index in [4.69, 9.17) is 0 Å². The molecule has 7 heteroatoms. The normalized spacial score (nSPS) is 20.4. The predicted octanol–water partition coefficient (Wildman–Crippen LogP) is 2.61. The number of carbonyl (C=O) groups excluding carboxylic acids is 3. The molecule has 2 atom stereocenters. The Labute approximate surface area is 172 Å². The van der Waals surface area contributed by atoms with Gasteiger partial charge in [-0.3, -0.25) is 9.59 Å². The summed E-state index contributed by atoms with van der Waals surface area (Å²) < 4.78 is 0. The molecule has 1 heterocycles. The summed E-state index contributed by atoms with van der Waals surface area (Å²) in [6.45, 7) is 9.32. The Kier molecular flexibility index (Phi) is 6.45. The number of urea groups is 1. The number of nitrogens with one attached hydrogen (secondary N) is 2. The number of rotatable bonds is 5. The molecule has 7 nitrogen and oxygen atoms in total. The summed E-state index contributed by atoms with van der Waals surface area (Å²) in [6, 6.07) is 6.52. The smallest absolute Gasteiger partial charge is 0.319 e. The van der Waals surface area contributed by atoms with Crippen LogP contribution in [-0.4, -0.2) is 59.4 Å². The number of benzene rings is 1. The van der Waals surface area contributed by atoms with Gasteiger partial charge in [-0.05, 0) is 44.2 Å². The Morgan fingerprint density at radius 3 is 2.38 bits per heavy atom. The van der Waals surface area contributed by atoms with E-state index >= 15 is 0 Å². The van der Waals surface area contributed by atoms with Crippen LogP contribution in [0, 0.1) is 18.8 Å². The molecule has 1 aromatic carbocycles. The summed E-state index contributed by atoms with van der Waals surface area (Å²) in [5.74, 6) is 0.271. The van der Waals surface area contributed by atoms with Gasteiger partial charge >= 0.3 is 6.03 Å². The van der Waals surface area contributed by atoms with Crippen LogP contribution in [0.5, 0.6) is 0 Å². The second kappa shape index (κ2) is 8.84. The first-order valence-corrected chi connectivity index (χ1v) is 10.5. The molecular weight excluding hydrogens is 368 g/mol. The fourth-order valence-corrected chi connectivity index (χ4v) is 3.77. The van der Waals surface area contributed by atoms with Crippen LogP contribution in [-0.2, 0) is 9.59 Å². The van der Waals surface area contributed by atoms with Gasteiger partial charge in [-0.15, -0.1) is 0 Å². The van der Waals surface area contributed by atoms with Crippen LogP contribution in [0.15, 0.2) is 24.3 Å². The number of hydrogen-bond donors (Lipinski definition) is 2. The third kappa shape index (κ3) is 5.08. The van der Waals surface area contributed by atoms with E-state index in [1.807, 2.05) is 56.9 Å². The van der Waals surface area contributed by atoms with Crippen molar-refractivity contribution < 1.29 is 14.4 Å². The maximum atomic E-state index is 13.1. The van der Waals surface area contributed by atoms with Crippen molar-refractivity contribution in [2.24, 2.45) is 11.8 Å². The number of aryl methyl sites for hydroxylation is 1. The van der Waals surface area contributed by atoms with Crippen molar-refractivity contribution >= 4 is 23.5 Å². The number of para-hydroxylation sites is 1. The van der Waals surface area contributed by atoms with E-state index in [9.17, 15) is 14.4 Å². The number of carbonyl (C=O) groups is 3. The summed E-state index contributed by atoms with van der Waals surface area (Å²) in [5.41, 5.74) is 1.68. The topological polar surface area (TPSA) is 81.8 Å². The summed E-state index contributed by atoms with van der Waals surface area (Å²) in [7, 11) is 0. The highest BCUT2D eigenvalue weighted by Gasteiger charge is 2.39. The maximum Gasteiger partial charge on any atom is 0.319 e. The van der Waals surface area contributed by atoms with E-state index in [1.165, 1.54) is 0 Å². The molecule has 1 saturated carbocycles. The molecule has 2 N–H and O–H groups in total. The Bertz CT molecular complexity index is 775. The van der Waals surface area contributed by atoms with E-state index in [0.29, 0.717) is 19.6 Å². The Morgan fingerprint density at radius 2 is 1.79 bits per heavy atom. The second-order valence-electron chi connectivity index (χ2n) is 8.57. The van der Waals surface area contributed by atoms with Crippen molar-refractivity contribution in [2.45, 2.75) is 52.6 Å². The Hall–Kier alpha value is -2.57. The van der Waals surface area contributed by atoms with Crippen molar-refractivity contribution in [2.75, 3.05) is 25.0 Å². The van der Waals surface area contributed by atoms with Gasteiger partial charge in [-0.2, -0.15) is 0 Å². The minimum atomic E-state index is -0.614. The minimum absolute atomic E-state index is 0.00518. The standard InChI is InChI=1S/C22H32N4O3/c1-14(2)19(24-22(29)23-18-8-6-5-7-15(18)3)21(28)25-11-12-26(16(4)13-25)20(27)17-9-10-17/h5-8,14,16-17,19H,9-13H2,1-4H3,(H2,23,24,29). The summed E-state index contributed by atoms with van der Waals surface area (Å²) in [5, 5.41) is 5.67. The maximum absolute atomic E-state index is 13.1. The lowest BCUT2D eigenvalue weighted by atomic mass is 10.0. The third-order valence-corrected chi connectivity index (χ3v) is 5.76.